The van der Waals surface area contributed by atoms with Crippen molar-refractivity contribution >= 4 is 5.97 Å². The van der Waals surface area contributed by atoms with E-state index in [1.807, 2.05) is 0 Å². The minimum atomic E-state index is -1.47. The summed E-state index contributed by atoms with van der Waals surface area (Å²) in [7, 11) is 0. The molecule has 1 fully saturated rings. The molecule has 0 spiro atoms. The largest absolute Gasteiger partial charge is 0.457 e. The van der Waals surface area contributed by atoms with Crippen LogP contribution in [-0.4, -0.2) is 52.5 Å². The number of aliphatic hydroxyl groups is 3. The van der Waals surface area contributed by atoms with Crippen LogP contribution in [0.15, 0.2) is 0 Å². The van der Waals surface area contributed by atoms with Crippen LogP contribution in [0, 0.1) is 5.41 Å². The van der Waals surface area contributed by atoms with Crippen molar-refractivity contribution in [2.45, 2.75) is 45.4 Å². The molecule has 0 aliphatic carbocycles. The first-order valence-corrected chi connectivity index (χ1v) is 5.10. The van der Waals surface area contributed by atoms with E-state index in [1.54, 1.807) is 20.8 Å². The maximum atomic E-state index is 11.5. The molecule has 0 bridgehead atoms. The molecule has 1 aliphatic heterocycles. The summed E-state index contributed by atoms with van der Waals surface area (Å²) in [5, 5.41) is 28.0. The number of rotatable bonds is 1. The number of carbonyl (C=O) groups is 1. The van der Waals surface area contributed by atoms with E-state index in [9.17, 15) is 15.0 Å². The monoisotopic (exact) mass is 234 g/mol. The van der Waals surface area contributed by atoms with Crippen molar-refractivity contribution in [2.24, 2.45) is 5.41 Å². The standard InChI is InChI=1S/C10H18O6/c1-10(2,3)9(14)16-5-4-15-8(13)7(12)6(5)11/h5-8,11-13H,4H2,1-3H3/t5-,6+,7-,8-/m1/s1. The molecular weight excluding hydrogens is 216 g/mol. The van der Waals surface area contributed by atoms with E-state index in [0.717, 1.165) is 0 Å². The maximum absolute atomic E-state index is 11.5. The van der Waals surface area contributed by atoms with Crippen LogP contribution in [0.25, 0.3) is 0 Å². The Bertz CT molecular complexity index is 259. The molecule has 0 radical (unpaired) electrons. The van der Waals surface area contributed by atoms with Gasteiger partial charge in [0.15, 0.2) is 12.4 Å². The summed E-state index contributed by atoms with van der Waals surface area (Å²) in [5.74, 6) is -0.497. The summed E-state index contributed by atoms with van der Waals surface area (Å²) in [4.78, 5) is 11.5. The van der Waals surface area contributed by atoms with Gasteiger partial charge in [-0.2, -0.15) is 0 Å². The number of esters is 1. The van der Waals surface area contributed by atoms with Crippen molar-refractivity contribution in [2.75, 3.05) is 6.61 Å². The summed E-state index contributed by atoms with van der Waals surface area (Å²) >= 11 is 0. The van der Waals surface area contributed by atoms with Crippen molar-refractivity contribution < 1.29 is 29.6 Å². The first-order chi connectivity index (χ1) is 7.23. The van der Waals surface area contributed by atoms with Gasteiger partial charge in [-0.05, 0) is 20.8 Å². The normalized spacial score (nSPS) is 35.9. The Morgan fingerprint density at radius 3 is 2.31 bits per heavy atom. The van der Waals surface area contributed by atoms with Gasteiger partial charge in [0.05, 0.1) is 12.0 Å². The molecule has 0 aromatic rings. The first-order valence-electron chi connectivity index (χ1n) is 5.10. The fourth-order valence-electron chi connectivity index (χ4n) is 1.20. The maximum Gasteiger partial charge on any atom is 0.311 e. The Hall–Kier alpha value is -0.690. The molecule has 0 amide bonds. The molecule has 0 aromatic heterocycles. The van der Waals surface area contributed by atoms with Crippen LogP contribution < -0.4 is 0 Å². The molecule has 1 heterocycles. The van der Waals surface area contributed by atoms with Crippen LogP contribution in [0.1, 0.15) is 20.8 Å². The van der Waals surface area contributed by atoms with Gasteiger partial charge in [0.25, 0.3) is 0 Å². The predicted octanol–water partition coefficient (Wildman–Crippen LogP) is -0.985. The van der Waals surface area contributed by atoms with Crippen LogP contribution in [-0.2, 0) is 14.3 Å². The van der Waals surface area contributed by atoms with Gasteiger partial charge in [-0.25, -0.2) is 0 Å². The molecule has 0 saturated carbocycles. The molecule has 1 saturated heterocycles. The van der Waals surface area contributed by atoms with Crippen molar-refractivity contribution in [3.63, 3.8) is 0 Å². The minimum Gasteiger partial charge on any atom is -0.457 e. The zero-order valence-corrected chi connectivity index (χ0v) is 9.58. The van der Waals surface area contributed by atoms with Crippen LogP contribution >= 0.6 is 0 Å². The predicted molar refractivity (Wildman–Crippen MR) is 53.3 cm³/mol. The Morgan fingerprint density at radius 2 is 1.81 bits per heavy atom. The summed E-state index contributed by atoms with van der Waals surface area (Å²) < 4.78 is 9.76. The van der Waals surface area contributed by atoms with Crippen molar-refractivity contribution in [3.8, 4) is 0 Å². The summed E-state index contributed by atoms with van der Waals surface area (Å²) in [5.41, 5.74) is -0.694. The van der Waals surface area contributed by atoms with Crippen LogP contribution in [0.4, 0.5) is 0 Å². The third-order valence-electron chi connectivity index (χ3n) is 2.33. The average molecular weight is 234 g/mol. The van der Waals surface area contributed by atoms with Crippen LogP contribution in [0.5, 0.6) is 0 Å². The SMILES string of the molecule is CC(C)(C)C(=O)O[C@@H]1CO[C@@H](O)[C@H](O)[C@H]1O. The van der Waals surface area contributed by atoms with Gasteiger partial charge in [0.1, 0.15) is 12.2 Å². The summed E-state index contributed by atoms with van der Waals surface area (Å²) in [6.45, 7) is 4.89. The first kappa shape index (κ1) is 13.4. The van der Waals surface area contributed by atoms with Gasteiger partial charge in [-0.3, -0.25) is 4.79 Å². The zero-order chi connectivity index (χ0) is 12.5. The molecule has 0 aromatic carbocycles. The lowest BCUT2D eigenvalue weighted by Gasteiger charge is -2.35. The molecule has 6 nitrogen and oxygen atoms in total. The Labute approximate surface area is 93.8 Å². The Balaban J connectivity index is 2.59. The quantitative estimate of drug-likeness (QED) is 0.504. The highest BCUT2D eigenvalue weighted by atomic mass is 16.6. The molecule has 0 unspecified atom stereocenters. The number of hydrogen-bond donors (Lipinski definition) is 3. The lowest BCUT2D eigenvalue weighted by molar-refractivity contribution is -0.259. The van der Waals surface area contributed by atoms with E-state index in [-0.39, 0.29) is 6.61 Å². The minimum absolute atomic E-state index is 0.138. The number of aliphatic hydroxyl groups excluding tert-OH is 3. The Kier molecular flexibility index (Phi) is 3.90. The molecule has 94 valence electrons. The second-order valence-corrected chi connectivity index (χ2v) is 4.90. The third kappa shape index (κ3) is 2.91. The van der Waals surface area contributed by atoms with Crippen molar-refractivity contribution in [1.82, 2.24) is 0 Å². The fourth-order valence-corrected chi connectivity index (χ4v) is 1.20. The van der Waals surface area contributed by atoms with Crippen molar-refractivity contribution in [3.05, 3.63) is 0 Å². The lowest BCUT2D eigenvalue weighted by atomic mass is 9.97. The number of ether oxygens (including phenoxy) is 2. The second kappa shape index (κ2) is 4.67. The van der Waals surface area contributed by atoms with Gasteiger partial charge in [0.2, 0.25) is 0 Å². The topological polar surface area (TPSA) is 96.2 Å². The van der Waals surface area contributed by atoms with Crippen LogP contribution in [0.3, 0.4) is 0 Å². The van der Waals surface area contributed by atoms with E-state index < -0.39 is 36.0 Å². The van der Waals surface area contributed by atoms with E-state index in [2.05, 4.69) is 0 Å². The van der Waals surface area contributed by atoms with Gasteiger partial charge in [-0.1, -0.05) is 0 Å². The summed E-state index contributed by atoms with van der Waals surface area (Å²) in [6, 6.07) is 0. The van der Waals surface area contributed by atoms with E-state index in [0.29, 0.717) is 0 Å². The van der Waals surface area contributed by atoms with Gasteiger partial charge < -0.3 is 24.8 Å². The molecule has 1 rings (SSSR count). The van der Waals surface area contributed by atoms with Crippen molar-refractivity contribution in [1.29, 1.82) is 0 Å². The summed E-state index contributed by atoms with van der Waals surface area (Å²) in [6.07, 6.45) is -5.20. The molecule has 6 heteroatoms. The van der Waals surface area contributed by atoms with E-state index in [4.69, 9.17) is 14.6 Å². The second-order valence-electron chi connectivity index (χ2n) is 4.90. The average Bonchev–Trinajstić information content (AvgIpc) is 2.17. The van der Waals surface area contributed by atoms with Gasteiger partial charge in [0, 0.05) is 0 Å². The van der Waals surface area contributed by atoms with Gasteiger partial charge in [-0.15, -0.1) is 0 Å². The molecular formula is C10H18O6. The van der Waals surface area contributed by atoms with E-state index >= 15 is 0 Å². The molecule has 4 atom stereocenters. The molecule has 3 N–H and O–H groups in total. The lowest BCUT2D eigenvalue weighted by Crippen LogP contribution is -2.54. The zero-order valence-electron chi connectivity index (χ0n) is 9.58. The fraction of sp³-hybridized carbons (Fsp3) is 0.900. The highest BCUT2D eigenvalue weighted by Gasteiger charge is 2.40. The highest BCUT2D eigenvalue weighted by molar-refractivity contribution is 5.75. The third-order valence-corrected chi connectivity index (χ3v) is 2.33. The number of carbonyl (C=O) groups excluding carboxylic acids is 1. The molecule has 16 heavy (non-hydrogen) atoms. The molecule has 1 aliphatic rings. The van der Waals surface area contributed by atoms with E-state index in [1.165, 1.54) is 0 Å². The van der Waals surface area contributed by atoms with Gasteiger partial charge >= 0.3 is 5.97 Å². The Morgan fingerprint density at radius 1 is 1.25 bits per heavy atom. The smallest absolute Gasteiger partial charge is 0.311 e. The number of hydrogen-bond acceptors (Lipinski definition) is 6. The van der Waals surface area contributed by atoms with Crippen LogP contribution in [0.2, 0.25) is 0 Å². The highest BCUT2D eigenvalue weighted by Crippen LogP contribution is 2.21.